The number of benzene rings is 3. The highest BCUT2D eigenvalue weighted by Crippen LogP contribution is 2.44. The third-order valence-electron chi connectivity index (χ3n) is 5.43. The Morgan fingerprint density at radius 2 is 1.53 bits per heavy atom. The molecule has 0 spiro atoms. The SMILES string of the molecule is COc1ccccc1N1CN(S(=O)(=O)c2ccc(NC(C)=O)cc2)c2nc3ccccc3nc21. The average molecular weight is 476 g/mol. The van der Waals surface area contributed by atoms with Crippen LogP contribution in [0.2, 0.25) is 0 Å². The maximum Gasteiger partial charge on any atom is 0.267 e. The summed E-state index contributed by atoms with van der Waals surface area (Å²) in [6.07, 6.45) is 0. The molecule has 1 amide bonds. The zero-order valence-electron chi connectivity index (χ0n) is 18.5. The van der Waals surface area contributed by atoms with Crippen molar-refractivity contribution < 1.29 is 17.9 Å². The number of anilines is 4. The van der Waals surface area contributed by atoms with Gasteiger partial charge < -0.3 is 15.0 Å². The lowest BCUT2D eigenvalue weighted by Crippen LogP contribution is -2.34. The molecule has 2 heterocycles. The van der Waals surface area contributed by atoms with Crippen LogP contribution in [-0.4, -0.2) is 38.1 Å². The molecule has 0 atom stereocenters. The molecule has 172 valence electrons. The molecule has 0 fully saturated rings. The molecule has 0 aliphatic carbocycles. The first-order chi connectivity index (χ1) is 16.4. The zero-order valence-corrected chi connectivity index (χ0v) is 19.3. The highest BCUT2D eigenvalue weighted by atomic mass is 32.2. The van der Waals surface area contributed by atoms with Gasteiger partial charge >= 0.3 is 0 Å². The van der Waals surface area contributed by atoms with Crippen LogP contribution < -0.4 is 19.3 Å². The van der Waals surface area contributed by atoms with E-state index < -0.39 is 10.0 Å². The van der Waals surface area contributed by atoms with E-state index in [9.17, 15) is 13.2 Å². The van der Waals surface area contributed by atoms with E-state index in [-0.39, 0.29) is 23.3 Å². The van der Waals surface area contributed by atoms with E-state index in [1.807, 2.05) is 36.4 Å². The first kappa shape index (κ1) is 21.7. The maximum atomic E-state index is 13.7. The number of aromatic nitrogens is 2. The number of rotatable bonds is 5. The highest BCUT2D eigenvalue weighted by Gasteiger charge is 2.39. The van der Waals surface area contributed by atoms with Crippen molar-refractivity contribution in [2.75, 3.05) is 28.3 Å². The Hall–Kier alpha value is -4.18. The molecular formula is C24H21N5O4S. The second-order valence-electron chi connectivity index (χ2n) is 7.66. The van der Waals surface area contributed by atoms with Crippen molar-refractivity contribution in [3.05, 3.63) is 72.8 Å². The Kier molecular flexibility index (Phi) is 5.29. The minimum Gasteiger partial charge on any atom is -0.495 e. The minimum absolute atomic E-state index is 0.0260. The fourth-order valence-electron chi connectivity index (χ4n) is 3.87. The molecule has 1 aliphatic rings. The molecule has 9 nitrogen and oxygen atoms in total. The number of carbonyl (C=O) groups excluding carboxylic acids is 1. The number of nitrogens with zero attached hydrogens (tertiary/aromatic N) is 4. The molecule has 0 radical (unpaired) electrons. The summed E-state index contributed by atoms with van der Waals surface area (Å²) in [5, 5.41) is 2.64. The summed E-state index contributed by atoms with van der Waals surface area (Å²) in [4.78, 5) is 22.6. The highest BCUT2D eigenvalue weighted by molar-refractivity contribution is 7.92. The number of amides is 1. The number of sulfonamides is 1. The van der Waals surface area contributed by atoms with Crippen molar-refractivity contribution in [2.24, 2.45) is 0 Å². The Morgan fingerprint density at radius 1 is 0.912 bits per heavy atom. The predicted molar refractivity (Wildman–Crippen MR) is 130 cm³/mol. The van der Waals surface area contributed by atoms with E-state index in [0.717, 1.165) is 0 Å². The van der Waals surface area contributed by atoms with Gasteiger partial charge in [0, 0.05) is 12.6 Å². The van der Waals surface area contributed by atoms with Gasteiger partial charge in [0.1, 0.15) is 12.4 Å². The van der Waals surface area contributed by atoms with E-state index in [1.165, 1.54) is 23.4 Å². The van der Waals surface area contributed by atoms with E-state index in [4.69, 9.17) is 9.72 Å². The van der Waals surface area contributed by atoms with Crippen molar-refractivity contribution in [3.63, 3.8) is 0 Å². The fraction of sp³-hybridized carbons (Fsp3) is 0.125. The van der Waals surface area contributed by atoms with Gasteiger partial charge in [-0.05, 0) is 48.5 Å². The summed E-state index contributed by atoms with van der Waals surface area (Å²) in [7, 11) is -2.43. The number of carbonyl (C=O) groups is 1. The topological polar surface area (TPSA) is 105 Å². The van der Waals surface area contributed by atoms with Gasteiger partial charge in [0.05, 0.1) is 28.7 Å². The average Bonchev–Trinajstić information content (AvgIpc) is 3.21. The largest absolute Gasteiger partial charge is 0.495 e. The second-order valence-corrected chi connectivity index (χ2v) is 9.52. The van der Waals surface area contributed by atoms with Crippen molar-refractivity contribution in [1.29, 1.82) is 0 Å². The number of nitrogens with one attached hydrogen (secondary N) is 1. The molecular weight excluding hydrogens is 454 g/mol. The summed E-state index contributed by atoms with van der Waals surface area (Å²) >= 11 is 0. The van der Waals surface area contributed by atoms with Crippen LogP contribution in [0.25, 0.3) is 11.0 Å². The van der Waals surface area contributed by atoms with Gasteiger partial charge in [-0.1, -0.05) is 24.3 Å². The molecule has 34 heavy (non-hydrogen) atoms. The van der Waals surface area contributed by atoms with Crippen LogP contribution in [-0.2, 0) is 14.8 Å². The number of fused-ring (bicyclic) bond motifs is 2. The van der Waals surface area contributed by atoms with Gasteiger partial charge in [0.2, 0.25) is 5.91 Å². The predicted octanol–water partition coefficient (Wildman–Crippen LogP) is 3.90. The van der Waals surface area contributed by atoms with Gasteiger partial charge in [-0.2, -0.15) is 0 Å². The molecule has 0 saturated heterocycles. The Balaban J connectivity index is 1.64. The molecule has 5 rings (SSSR count). The second kappa shape index (κ2) is 8.31. The smallest absolute Gasteiger partial charge is 0.267 e. The summed E-state index contributed by atoms with van der Waals surface area (Å²) in [6.45, 7) is 1.36. The lowest BCUT2D eigenvalue weighted by Gasteiger charge is -2.22. The lowest BCUT2D eigenvalue weighted by molar-refractivity contribution is -0.114. The van der Waals surface area contributed by atoms with Crippen LogP contribution in [0, 0.1) is 0 Å². The van der Waals surface area contributed by atoms with Crippen molar-refractivity contribution in [2.45, 2.75) is 11.8 Å². The fourth-order valence-corrected chi connectivity index (χ4v) is 5.22. The normalized spacial score (nSPS) is 13.1. The summed E-state index contributed by atoms with van der Waals surface area (Å²) in [5.74, 6) is 0.998. The van der Waals surface area contributed by atoms with Gasteiger partial charge in [-0.25, -0.2) is 22.7 Å². The third-order valence-corrected chi connectivity index (χ3v) is 7.17. The molecule has 0 saturated carbocycles. The molecule has 1 aromatic heterocycles. The monoisotopic (exact) mass is 475 g/mol. The molecule has 4 aromatic rings. The van der Waals surface area contributed by atoms with E-state index in [0.29, 0.717) is 34.0 Å². The van der Waals surface area contributed by atoms with Crippen LogP contribution >= 0.6 is 0 Å². The number of hydrogen-bond acceptors (Lipinski definition) is 7. The maximum absolute atomic E-state index is 13.7. The Labute approximate surface area is 196 Å². The quantitative estimate of drug-likeness (QED) is 0.467. The Morgan fingerprint density at radius 3 is 2.18 bits per heavy atom. The number of hydrogen-bond donors (Lipinski definition) is 1. The van der Waals surface area contributed by atoms with Crippen LogP contribution in [0.5, 0.6) is 5.75 Å². The van der Waals surface area contributed by atoms with Gasteiger partial charge in [0.25, 0.3) is 10.0 Å². The molecule has 10 heteroatoms. The van der Waals surface area contributed by atoms with E-state index >= 15 is 0 Å². The summed E-state index contributed by atoms with van der Waals surface area (Å²) in [6, 6.07) is 20.7. The number of ether oxygens (including phenoxy) is 1. The molecule has 1 N–H and O–H groups in total. The number of para-hydroxylation sites is 4. The van der Waals surface area contributed by atoms with E-state index in [1.54, 1.807) is 36.3 Å². The van der Waals surface area contributed by atoms with Crippen LogP contribution in [0.15, 0.2) is 77.7 Å². The van der Waals surface area contributed by atoms with Crippen LogP contribution in [0.3, 0.4) is 0 Å². The standard InChI is InChI=1S/C24H21N5O4S/c1-16(30)25-17-11-13-18(14-12-17)34(31,32)29-15-28(21-9-5-6-10-22(21)33-2)23-24(29)27-20-8-4-3-7-19(20)26-23/h3-14H,15H2,1-2H3,(H,25,30). The molecule has 3 aromatic carbocycles. The zero-order chi connectivity index (χ0) is 23.9. The first-order valence-corrected chi connectivity index (χ1v) is 11.9. The van der Waals surface area contributed by atoms with Crippen molar-refractivity contribution in [3.8, 4) is 5.75 Å². The van der Waals surface area contributed by atoms with Crippen LogP contribution in [0.4, 0.5) is 23.0 Å². The molecule has 1 aliphatic heterocycles. The third kappa shape index (κ3) is 3.67. The van der Waals surface area contributed by atoms with Crippen molar-refractivity contribution >= 4 is 50.0 Å². The van der Waals surface area contributed by atoms with Gasteiger partial charge in [-0.15, -0.1) is 0 Å². The summed E-state index contributed by atoms with van der Waals surface area (Å²) < 4.78 is 34.2. The van der Waals surface area contributed by atoms with Gasteiger partial charge in [0.15, 0.2) is 11.6 Å². The van der Waals surface area contributed by atoms with Crippen molar-refractivity contribution in [1.82, 2.24) is 9.97 Å². The number of methoxy groups -OCH3 is 1. The lowest BCUT2D eigenvalue weighted by atomic mass is 10.2. The van der Waals surface area contributed by atoms with Crippen LogP contribution in [0.1, 0.15) is 6.92 Å². The minimum atomic E-state index is -3.99. The van der Waals surface area contributed by atoms with Gasteiger partial charge in [-0.3, -0.25) is 4.79 Å². The molecule has 0 bridgehead atoms. The molecule has 0 unspecified atom stereocenters. The Bertz CT molecular complexity index is 1510. The summed E-state index contributed by atoms with van der Waals surface area (Å²) in [5.41, 5.74) is 2.42. The van der Waals surface area contributed by atoms with E-state index in [2.05, 4.69) is 10.3 Å². The first-order valence-electron chi connectivity index (χ1n) is 10.5.